The summed E-state index contributed by atoms with van der Waals surface area (Å²) in [5.41, 5.74) is 0.952. The lowest BCUT2D eigenvalue weighted by atomic mass is 10.1. The van der Waals surface area contributed by atoms with Gasteiger partial charge in [0.2, 0.25) is 15.9 Å². The molecule has 2 aromatic carbocycles. The number of hydrogen-bond acceptors (Lipinski definition) is 6. The number of carbonyl (C=O) groups is 1. The first-order chi connectivity index (χ1) is 14.1. The normalized spacial score (nSPS) is 12.1. The van der Waals surface area contributed by atoms with Crippen molar-refractivity contribution in [2.75, 3.05) is 38.4 Å². The number of amides is 1. The summed E-state index contributed by atoms with van der Waals surface area (Å²) in [4.78, 5) is 12.7. The number of methoxy groups -OCH3 is 3. The smallest absolute Gasteiger partial charge is 0.241 e. The topological polar surface area (TPSA) is 94.2 Å². The van der Waals surface area contributed by atoms with Crippen molar-refractivity contribution < 1.29 is 27.4 Å². The van der Waals surface area contributed by atoms with E-state index in [-0.39, 0.29) is 10.7 Å². The molecule has 0 saturated heterocycles. The summed E-state index contributed by atoms with van der Waals surface area (Å²) in [6.45, 7) is 1.35. The summed E-state index contributed by atoms with van der Waals surface area (Å²) in [5.74, 6) is 1.09. The number of rotatable bonds is 9. The van der Waals surface area contributed by atoms with Crippen LogP contribution in [0, 0.1) is 0 Å². The van der Waals surface area contributed by atoms with Gasteiger partial charge in [0.1, 0.15) is 23.8 Å². The predicted molar refractivity (Wildman–Crippen MR) is 116 cm³/mol. The minimum Gasteiger partial charge on any atom is -0.497 e. The van der Waals surface area contributed by atoms with Gasteiger partial charge in [-0.15, -0.1) is 0 Å². The average Bonchev–Trinajstić information content (AvgIpc) is 2.70. The van der Waals surface area contributed by atoms with E-state index in [1.807, 2.05) is 0 Å². The lowest BCUT2D eigenvalue weighted by Crippen LogP contribution is -2.41. The van der Waals surface area contributed by atoms with E-state index in [2.05, 4.69) is 5.32 Å². The number of nitrogens with zero attached hydrogens (tertiary/aromatic N) is 1. The van der Waals surface area contributed by atoms with E-state index in [4.69, 9.17) is 25.8 Å². The van der Waals surface area contributed by atoms with Gasteiger partial charge in [0.15, 0.2) is 0 Å². The monoisotopic (exact) mass is 456 g/mol. The maximum atomic E-state index is 12.7. The van der Waals surface area contributed by atoms with Crippen molar-refractivity contribution in [2.45, 2.75) is 13.0 Å². The summed E-state index contributed by atoms with van der Waals surface area (Å²) in [6, 6.07) is 9.27. The van der Waals surface area contributed by atoms with Crippen molar-refractivity contribution in [2.24, 2.45) is 0 Å². The van der Waals surface area contributed by atoms with Gasteiger partial charge in [0.05, 0.1) is 44.3 Å². The summed E-state index contributed by atoms with van der Waals surface area (Å²) in [7, 11) is 0.777. The fourth-order valence-corrected chi connectivity index (χ4v) is 3.98. The van der Waals surface area contributed by atoms with E-state index < -0.39 is 28.5 Å². The largest absolute Gasteiger partial charge is 0.497 e. The van der Waals surface area contributed by atoms with E-state index in [0.29, 0.717) is 22.8 Å². The zero-order chi connectivity index (χ0) is 22.5. The van der Waals surface area contributed by atoms with E-state index in [1.165, 1.54) is 32.4 Å². The second kappa shape index (κ2) is 9.90. The number of sulfonamides is 1. The average molecular weight is 457 g/mol. The maximum Gasteiger partial charge on any atom is 0.241 e. The van der Waals surface area contributed by atoms with Crippen LogP contribution < -0.4 is 23.8 Å². The Hall–Kier alpha value is -2.65. The van der Waals surface area contributed by atoms with Crippen molar-refractivity contribution in [3.05, 3.63) is 47.0 Å². The van der Waals surface area contributed by atoms with Gasteiger partial charge in [-0.1, -0.05) is 11.6 Å². The number of anilines is 1. The molecular formula is C20H25ClN2O6S. The Kier molecular flexibility index (Phi) is 7.80. The number of nitrogens with one attached hydrogen (secondary N) is 1. The molecule has 10 heteroatoms. The molecule has 0 aliphatic rings. The van der Waals surface area contributed by atoms with E-state index in [1.54, 1.807) is 32.2 Å². The quantitative estimate of drug-likeness (QED) is 0.623. The SMILES string of the molecule is COc1ccc(OC)c([C@H](C)NC(=O)CN(c2ccc(OC)c(Cl)c2)S(C)(=O)=O)c1. The summed E-state index contributed by atoms with van der Waals surface area (Å²) in [5, 5.41) is 3.03. The van der Waals surface area contributed by atoms with E-state index in [9.17, 15) is 13.2 Å². The third-order valence-electron chi connectivity index (χ3n) is 4.39. The molecule has 2 aromatic rings. The third-order valence-corrected chi connectivity index (χ3v) is 5.83. The standard InChI is InChI=1S/C20H25ClN2O6S/c1-13(16-11-15(27-2)7-9-18(16)28-3)22-20(24)12-23(30(5,25)26)14-6-8-19(29-4)17(21)10-14/h6-11,13H,12H2,1-5H3,(H,22,24)/t13-/m0/s1. The first kappa shape index (κ1) is 23.6. The first-order valence-corrected chi connectivity index (χ1v) is 11.2. The minimum absolute atomic E-state index is 0.235. The summed E-state index contributed by atoms with van der Waals surface area (Å²) >= 11 is 6.11. The fraction of sp³-hybridized carbons (Fsp3) is 0.350. The van der Waals surface area contributed by atoms with Crippen LogP contribution in [0.2, 0.25) is 5.02 Å². The Labute approximate surface area is 181 Å². The molecule has 0 spiro atoms. The summed E-state index contributed by atoms with van der Waals surface area (Å²) < 4.78 is 41.3. The molecule has 0 radical (unpaired) electrons. The number of hydrogen-bond donors (Lipinski definition) is 1. The minimum atomic E-state index is -3.74. The molecule has 1 amide bonds. The predicted octanol–water partition coefficient (Wildman–Crippen LogP) is 3.01. The van der Waals surface area contributed by atoms with Crippen LogP contribution in [0.15, 0.2) is 36.4 Å². The second-order valence-corrected chi connectivity index (χ2v) is 8.80. The number of halogens is 1. The lowest BCUT2D eigenvalue weighted by molar-refractivity contribution is -0.120. The van der Waals surface area contributed by atoms with Crippen molar-refractivity contribution in [1.82, 2.24) is 5.32 Å². The highest BCUT2D eigenvalue weighted by Crippen LogP contribution is 2.31. The lowest BCUT2D eigenvalue weighted by Gasteiger charge is -2.24. The first-order valence-electron chi connectivity index (χ1n) is 8.93. The highest BCUT2D eigenvalue weighted by atomic mass is 35.5. The van der Waals surface area contributed by atoms with Crippen LogP contribution in [0.3, 0.4) is 0 Å². The van der Waals surface area contributed by atoms with Gasteiger partial charge in [-0.3, -0.25) is 9.10 Å². The fourth-order valence-electron chi connectivity index (χ4n) is 2.88. The van der Waals surface area contributed by atoms with E-state index >= 15 is 0 Å². The second-order valence-electron chi connectivity index (χ2n) is 6.49. The van der Waals surface area contributed by atoms with Gasteiger partial charge >= 0.3 is 0 Å². The Bertz CT molecular complexity index is 1010. The zero-order valence-electron chi connectivity index (χ0n) is 17.4. The molecule has 0 aliphatic heterocycles. The molecule has 8 nitrogen and oxygen atoms in total. The van der Waals surface area contributed by atoms with Crippen LogP contribution in [0.5, 0.6) is 17.2 Å². The van der Waals surface area contributed by atoms with Crippen molar-refractivity contribution in [3.8, 4) is 17.2 Å². The molecule has 0 saturated carbocycles. The molecule has 30 heavy (non-hydrogen) atoms. The molecule has 0 unspecified atom stereocenters. The molecular weight excluding hydrogens is 432 g/mol. The van der Waals surface area contributed by atoms with Gasteiger partial charge in [0.25, 0.3) is 0 Å². The Morgan fingerprint density at radius 1 is 1.07 bits per heavy atom. The van der Waals surface area contributed by atoms with Gasteiger partial charge < -0.3 is 19.5 Å². The van der Waals surface area contributed by atoms with Crippen molar-refractivity contribution in [3.63, 3.8) is 0 Å². The highest BCUT2D eigenvalue weighted by molar-refractivity contribution is 7.92. The van der Waals surface area contributed by atoms with Crippen LogP contribution in [-0.4, -0.2) is 48.5 Å². The number of carbonyl (C=O) groups excluding carboxylic acids is 1. The number of benzene rings is 2. The Morgan fingerprint density at radius 2 is 1.70 bits per heavy atom. The maximum absolute atomic E-state index is 12.7. The molecule has 0 fully saturated rings. The van der Waals surface area contributed by atoms with Gasteiger partial charge in [-0.2, -0.15) is 0 Å². The third kappa shape index (κ3) is 5.70. The van der Waals surface area contributed by atoms with Crippen LogP contribution in [0.4, 0.5) is 5.69 Å². The van der Waals surface area contributed by atoms with Crippen LogP contribution in [0.25, 0.3) is 0 Å². The molecule has 0 bridgehead atoms. The molecule has 1 atom stereocenters. The van der Waals surface area contributed by atoms with Gasteiger partial charge in [-0.05, 0) is 43.3 Å². The summed E-state index contributed by atoms with van der Waals surface area (Å²) in [6.07, 6.45) is 1.02. The molecule has 164 valence electrons. The highest BCUT2D eigenvalue weighted by Gasteiger charge is 2.23. The van der Waals surface area contributed by atoms with Crippen LogP contribution >= 0.6 is 11.6 Å². The molecule has 1 N–H and O–H groups in total. The molecule has 0 aliphatic carbocycles. The molecule has 0 heterocycles. The van der Waals surface area contributed by atoms with E-state index in [0.717, 1.165) is 10.6 Å². The van der Waals surface area contributed by atoms with Gasteiger partial charge in [0, 0.05) is 5.56 Å². The van der Waals surface area contributed by atoms with Gasteiger partial charge in [-0.25, -0.2) is 8.42 Å². The van der Waals surface area contributed by atoms with Crippen LogP contribution in [-0.2, 0) is 14.8 Å². The molecule has 0 aromatic heterocycles. The van der Waals surface area contributed by atoms with Crippen LogP contribution in [0.1, 0.15) is 18.5 Å². The zero-order valence-corrected chi connectivity index (χ0v) is 19.0. The Morgan fingerprint density at radius 3 is 2.23 bits per heavy atom. The van der Waals surface area contributed by atoms with Crippen molar-refractivity contribution in [1.29, 1.82) is 0 Å². The molecule has 2 rings (SSSR count). The Balaban J connectivity index is 2.24. The number of ether oxygens (including phenoxy) is 3. The van der Waals surface area contributed by atoms with Crippen molar-refractivity contribution >= 4 is 33.2 Å².